The lowest BCUT2D eigenvalue weighted by atomic mass is 9.74. The van der Waals surface area contributed by atoms with Crippen molar-refractivity contribution in [3.63, 3.8) is 0 Å². The van der Waals surface area contributed by atoms with Gasteiger partial charge < -0.3 is 24.3 Å². The number of phenolic OH excluding ortho intramolecular Hbond substituents is 1. The fraction of sp³-hybridized carbons (Fsp3) is 0.739. The molecule has 0 amide bonds. The van der Waals surface area contributed by atoms with Crippen LogP contribution in [0.4, 0.5) is 0 Å². The summed E-state index contributed by atoms with van der Waals surface area (Å²) in [5, 5.41) is 11.4. The van der Waals surface area contributed by atoms with Crippen molar-refractivity contribution in [2.45, 2.75) is 110 Å². The van der Waals surface area contributed by atoms with Gasteiger partial charge in [0.25, 0.3) is 0 Å². The zero-order valence-electron chi connectivity index (χ0n) is 21.6. The lowest BCUT2D eigenvalue weighted by molar-refractivity contribution is 0.345. The first kappa shape index (κ1) is 30.5. The molecule has 0 aliphatic carbocycles. The Bertz CT molecular complexity index is 908. The molecule has 192 valence electrons. The number of aromatic hydroxyl groups is 1. The van der Waals surface area contributed by atoms with E-state index < -0.39 is 29.7 Å². The van der Waals surface area contributed by atoms with Gasteiger partial charge in [0.1, 0.15) is 16.0 Å². The third-order valence-corrected chi connectivity index (χ3v) is 12.4. The van der Waals surface area contributed by atoms with Crippen molar-refractivity contribution >= 4 is 25.8 Å². The summed E-state index contributed by atoms with van der Waals surface area (Å²) in [6.45, 7) is 14.2. The molecule has 0 bridgehead atoms. The predicted molar refractivity (Wildman–Crippen MR) is 138 cm³/mol. The minimum atomic E-state index is -4.67. The Hall–Kier alpha value is -0.490. The molecule has 1 rings (SSSR count). The fourth-order valence-electron chi connectivity index (χ4n) is 4.48. The molecule has 10 heteroatoms. The summed E-state index contributed by atoms with van der Waals surface area (Å²) in [6, 6.07) is 0. The average Bonchev–Trinajstić information content (AvgIpc) is 2.63. The summed E-state index contributed by atoms with van der Waals surface area (Å²) in [6.07, 6.45) is 0.965. The second kappa shape index (κ2) is 10.2. The van der Waals surface area contributed by atoms with E-state index in [0.717, 1.165) is 0 Å². The maximum absolute atomic E-state index is 13.8. The van der Waals surface area contributed by atoms with E-state index >= 15 is 0 Å². The summed E-state index contributed by atoms with van der Waals surface area (Å²) in [5.74, 6) is 0.418. The van der Waals surface area contributed by atoms with Gasteiger partial charge in [-0.25, -0.2) is 9.13 Å². The number of phenols is 1. The summed E-state index contributed by atoms with van der Waals surface area (Å²) >= 11 is 0.204. The average molecular weight is 525 g/mol. The van der Waals surface area contributed by atoms with E-state index in [1.807, 2.05) is 55.4 Å². The molecule has 1 unspecified atom stereocenters. The Labute approximate surface area is 203 Å². The van der Waals surface area contributed by atoms with Crippen molar-refractivity contribution < 1.29 is 33.4 Å². The van der Waals surface area contributed by atoms with Crippen LogP contribution < -0.4 is 4.52 Å². The van der Waals surface area contributed by atoms with Crippen LogP contribution in [0.5, 0.6) is 11.5 Å². The van der Waals surface area contributed by atoms with E-state index in [-0.39, 0.29) is 35.7 Å². The molecule has 33 heavy (non-hydrogen) atoms. The van der Waals surface area contributed by atoms with Crippen molar-refractivity contribution in [1.29, 1.82) is 0 Å². The van der Waals surface area contributed by atoms with Crippen LogP contribution in [-0.4, -0.2) is 24.3 Å². The predicted octanol–water partition coefficient (Wildman–Crippen LogP) is 7.02. The van der Waals surface area contributed by atoms with Crippen molar-refractivity contribution in [3.05, 3.63) is 22.3 Å². The Morgan fingerprint density at radius 1 is 0.788 bits per heavy atom. The molecule has 0 spiro atoms. The van der Waals surface area contributed by atoms with Gasteiger partial charge in [-0.15, -0.1) is 0 Å². The molecule has 1 aromatic rings. The van der Waals surface area contributed by atoms with E-state index in [4.69, 9.17) is 4.52 Å². The van der Waals surface area contributed by atoms with E-state index in [1.165, 1.54) is 0 Å². The summed E-state index contributed by atoms with van der Waals surface area (Å²) < 4.78 is 30.0. The lowest BCUT2D eigenvalue weighted by Crippen LogP contribution is -2.27. The molecule has 7 nitrogen and oxygen atoms in total. The van der Waals surface area contributed by atoms with Gasteiger partial charge in [0.15, 0.2) is 0 Å². The van der Waals surface area contributed by atoms with Crippen LogP contribution in [0.2, 0.25) is 0 Å². The summed E-state index contributed by atoms with van der Waals surface area (Å²) in [4.78, 5) is 30.5. The molecule has 0 heterocycles. The molecule has 0 saturated heterocycles. The lowest BCUT2D eigenvalue weighted by Gasteiger charge is -2.37. The molecule has 0 aliphatic heterocycles. The normalized spacial score (nSPS) is 15.4. The van der Waals surface area contributed by atoms with Crippen molar-refractivity contribution in [1.82, 2.24) is 0 Å². The first-order valence-corrected chi connectivity index (χ1v) is 16.0. The van der Waals surface area contributed by atoms with Gasteiger partial charge in [-0.2, -0.15) is 0 Å². The van der Waals surface area contributed by atoms with Gasteiger partial charge in [-0.05, 0) is 47.9 Å². The maximum atomic E-state index is 13.8. The molecule has 0 aromatic heterocycles. The number of hydrogen-bond acceptors (Lipinski definition) is 5. The van der Waals surface area contributed by atoms with Gasteiger partial charge in [0, 0.05) is 22.3 Å². The molecule has 0 aliphatic rings. The zero-order chi connectivity index (χ0) is 26.2. The zero-order valence-corrected chi connectivity index (χ0v) is 24.3. The molecule has 0 saturated carbocycles. The van der Waals surface area contributed by atoms with Gasteiger partial charge in [0.05, 0.1) is 0 Å². The Morgan fingerprint density at radius 3 is 1.39 bits per heavy atom. The third-order valence-electron chi connectivity index (χ3n) is 5.96. The molecule has 1 aromatic carbocycles. The second-order valence-electron chi connectivity index (χ2n) is 10.4. The maximum Gasteiger partial charge on any atom is 0.393 e. The van der Waals surface area contributed by atoms with Crippen molar-refractivity contribution in [3.8, 4) is 11.5 Å². The highest BCUT2D eigenvalue weighted by molar-refractivity contribution is 8.56. The van der Waals surface area contributed by atoms with Crippen LogP contribution in [0.1, 0.15) is 104 Å². The highest BCUT2D eigenvalue weighted by Gasteiger charge is 2.53. The van der Waals surface area contributed by atoms with Crippen LogP contribution in [0.15, 0.2) is 0 Å². The molecule has 1 atom stereocenters. The highest BCUT2D eigenvalue weighted by Crippen LogP contribution is 2.73. The quantitative estimate of drug-likeness (QED) is 0.254. The van der Waals surface area contributed by atoms with E-state index in [0.29, 0.717) is 35.1 Å². The van der Waals surface area contributed by atoms with Crippen LogP contribution in [0.3, 0.4) is 0 Å². The first-order chi connectivity index (χ1) is 14.7. The fourth-order valence-corrected chi connectivity index (χ4v) is 11.1. The standard InChI is InChI=1S/C23H42O7P2S/c1-11-15-17(21(5,6)7)19(24)18(22(8,9)10)16(12-2)20(15)30-31(25,26)23(13-3,14-4)33-32(27,28)29/h24H,11-14H2,1-10H3,(H,25,26)(H2,27,28,29). The number of rotatable bonds is 9. The number of benzene rings is 1. The Morgan fingerprint density at radius 2 is 1.15 bits per heavy atom. The molecule has 0 radical (unpaired) electrons. The second-order valence-corrected chi connectivity index (χ2v) is 16.7. The van der Waals surface area contributed by atoms with Gasteiger partial charge >= 0.3 is 14.4 Å². The van der Waals surface area contributed by atoms with E-state index in [2.05, 4.69) is 0 Å². The SMILES string of the molecule is CCc1c(OP(=O)(O)C(CC)(CC)SP(=O)(O)O)c(CC)c(C(C)(C)C)c(O)c1C(C)(C)C. The topological polar surface area (TPSA) is 124 Å². The largest absolute Gasteiger partial charge is 0.507 e. The van der Waals surface area contributed by atoms with E-state index in [1.54, 1.807) is 13.8 Å². The smallest absolute Gasteiger partial charge is 0.393 e. The van der Waals surface area contributed by atoms with Crippen LogP contribution in [0, 0.1) is 0 Å². The van der Waals surface area contributed by atoms with Crippen molar-refractivity contribution in [2.24, 2.45) is 0 Å². The Kier molecular flexibility index (Phi) is 9.48. The van der Waals surface area contributed by atoms with Gasteiger partial charge in [-0.3, -0.25) is 0 Å². The summed E-state index contributed by atoms with van der Waals surface area (Å²) in [5.41, 5.74) is 1.63. The van der Waals surface area contributed by atoms with Crippen molar-refractivity contribution in [2.75, 3.05) is 0 Å². The van der Waals surface area contributed by atoms with Gasteiger partial charge in [-0.1, -0.05) is 69.2 Å². The number of hydrogen-bond donors (Lipinski definition) is 4. The highest BCUT2D eigenvalue weighted by atomic mass is 32.7. The minimum absolute atomic E-state index is 0.0340. The third kappa shape index (κ3) is 6.39. The van der Waals surface area contributed by atoms with Crippen LogP contribution in [-0.2, 0) is 32.8 Å². The van der Waals surface area contributed by atoms with Crippen LogP contribution >= 0.6 is 25.8 Å². The first-order valence-electron chi connectivity index (χ1n) is 11.4. The monoisotopic (exact) mass is 524 g/mol. The minimum Gasteiger partial charge on any atom is -0.507 e. The van der Waals surface area contributed by atoms with E-state index in [9.17, 15) is 28.9 Å². The molecular weight excluding hydrogens is 482 g/mol. The Balaban J connectivity index is 4.10. The summed E-state index contributed by atoms with van der Waals surface area (Å²) in [7, 11) is -4.60. The molecular formula is C23H42O7P2S. The molecule has 0 fully saturated rings. The molecule has 4 N–H and O–H groups in total. The van der Waals surface area contributed by atoms with Crippen LogP contribution in [0.25, 0.3) is 0 Å². The van der Waals surface area contributed by atoms with Gasteiger partial charge in [0.2, 0.25) is 0 Å².